The summed E-state index contributed by atoms with van der Waals surface area (Å²) in [4.78, 5) is 16.7. The van der Waals surface area contributed by atoms with Crippen LogP contribution in [0.4, 0.5) is 0 Å². The van der Waals surface area contributed by atoms with Crippen molar-refractivity contribution >= 4 is 5.91 Å². The molecule has 0 saturated carbocycles. The molecule has 0 saturated heterocycles. The van der Waals surface area contributed by atoms with Crippen LogP contribution < -0.4 is 0 Å². The number of phenols is 1. The molecule has 0 radical (unpaired) electrons. The van der Waals surface area contributed by atoms with Crippen molar-refractivity contribution in [1.29, 1.82) is 0 Å². The Morgan fingerprint density at radius 3 is 2.33 bits per heavy atom. The van der Waals surface area contributed by atoms with E-state index in [1.54, 1.807) is 11.0 Å². The van der Waals surface area contributed by atoms with Crippen molar-refractivity contribution < 1.29 is 9.90 Å². The van der Waals surface area contributed by atoms with Gasteiger partial charge in [-0.25, -0.2) is 0 Å². The standard InChI is InChI=1S/C17H28N2O2/c1-5-18(6-2)12-9-13-19(7-3)17(21)15-11-8-10-14(4)16(15)20/h8,10-11,20H,5-7,9,12-13H2,1-4H3. The molecule has 0 atom stereocenters. The van der Waals surface area contributed by atoms with E-state index in [-0.39, 0.29) is 11.7 Å². The minimum Gasteiger partial charge on any atom is -0.507 e. The summed E-state index contributed by atoms with van der Waals surface area (Å²) < 4.78 is 0. The molecule has 0 bridgehead atoms. The third-order valence-corrected chi connectivity index (χ3v) is 3.93. The van der Waals surface area contributed by atoms with Gasteiger partial charge in [0.05, 0.1) is 5.56 Å². The molecule has 0 aliphatic rings. The first-order chi connectivity index (χ1) is 10.0. The summed E-state index contributed by atoms with van der Waals surface area (Å²) in [6.45, 7) is 12.5. The highest BCUT2D eigenvalue weighted by molar-refractivity contribution is 5.97. The highest BCUT2D eigenvalue weighted by Gasteiger charge is 2.18. The summed E-state index contributed by atoms with van der Waals surface area (Å²) in [5.41, 5.74) is 1.14. The Balaban J connectivity index is 2.67. The predicted molar refractivity (Wildman–Crippen MR) is 86.8 cm³/mol. The normalized spacial score (nSPS) is 10.9. The number of aromatic hydroxyl groups is 1. The number of benzene rings is 1. The minimum absolute atomic E-state index is 0.0850. The Labute approximate surface area is 128 Å². The van der Waals surface area contributed by atoms with Crippen LogP contribution in [0.1, 0.15) is 43.1 Å². The van der Waals surface area contributed by atoms with Gasteiger partial charge in [-0.05, 0) is 51.5 Å². The minimum atomic E-state index is -0.0850. The van der Waals surface area contributed by atoms with Crippen LogP contribution in [0.3, 0.4) is 0 Å². The van der Waals surface area contributed by atoms with Crippen LogP contribution >= 0.6 is 0 Å². The SMILES string of the molecule is CCN(CC)CCCN(CC)C(=O)c1cccc(C)c1O. The molecule has 1 N–H and O–H groups in total. The molecule has 0 aromatic heterocycles. The quantitative estimate of drug-likeness (QED) is 0.801. The first-order valence-corrected chi connectivity index (χ1v) is 7.85. The summed E-state index contributed by atoms with van der Waals surface area (Å²) in [5, 5.41) is 10.0. The van der Waals surface area contributed by atoms with Gasteiger partial charge >= 0.3 is 0 Å². The molecule has 4 heteroatoms. The Hall–Kier alpha value is -1.55. The highest BCUT2D eigenvalue weighted by Crippen LogP contribution is 2.22. The van der Waals surface area contributed by atoms with Crippen molar-refractivity contribution in [3.63, 3.8) is 0 Å². The van der Waals surface area contributed by atoms with Crippen molar-refractivity contribution in [1.82, 2.24) is 9.80 Å². The van der Waals surface area contributed by atoms with Crippen LogP contribution in [0.25, 0.3) is 0 Å². The summed E-state index contributed by atoms with van der Waals surface area (Å²) in [7, 11) is 0. The van der Waals surface area contributed by atoms with Gasteiger partial charge < -0.3 is 14.9 Å². The van der Waals surface area contributed by atoms with Gasteiger partial charge in [0.2, 0.25) is 0 Å². The summed E-state index contributed by atoms with van der Waals surface area (Å²) in [5.74, 6) is 0.0166. The zero-order chi connectivity index (χ0) is 15.8. The second-order valence-corrected chi connectivity index (χ2v) is 5.24. The van der Waals surface area contributed by atoms with Gasteiger partial charge in [0.25, 0.3) is 5.91 Å². The van der Waals surface area contributed by atoms with Gasteiger partial charge in [0.15, 0.2) is 0 Å². The van der Waals surface area contributed by atoms with Gasteiger partial charge in [-0.2, -0.15) is 0 Å². The van der Waals surface area contributed by atoms with Crippen molar-refractivity contribution in [2.45, 2.75) is 34.1 Å². The molecule has 0 heterocycles. The third kappa shape index (κ3) is 4.74. The molecular formula is C17H28N2O2. The highest BCUT2D eigenvalue weighted by atomic mass is 16.3. The van der Waals surface area contributed by atoms with Crippen LogP contribution in [-0.4, -0.2) is 53.5 Å². The van der Waals surface area contributed by atoms with Crippen molar-refractivity contribution in [3.8, 4) is 5.75 Å². The molecule has 1 amide bonds. The Bertz CT molecular complexity index is 456. The largest absolute Gasteiger partial charge is 0.507 e. The van der Waals surface area contributed by atoms with E-state index >= 15 is 0 Å². The average molecular weight is 292 g/mol. The number of rotatable bonds is 8. The molecule has 0 spiro atoms. The number of hydrogen-bond acceptors (Lipinski definition) is 3. The number of para-hydroxylation sites is 1. The molecule has 0 aliphatic carbocycles. The summed E-state index contributed by atoms with van der Waals surface area (Å²) in [6, 6.07) is 5.31. The fourth-order valence-corrected chi connectivity index (χ4v) is 2.43. The maximum absolute atomic E-state index is 12.5. The van der Waals surface area contributed by atoms with E-state index in [1.807, 2.05) is 26.0 Å². The topological polar surface area (TPSA) is 43.8 Å². The van der Waals surface area contributed by atoms with Crippen molar-refractivity contribution in [2.24, 2.45) is 0 Å². The lowest BCUT2D eigenvalue weighted by Gasteiger charge is -2.24. The molecule has 21 heavy (non-hydrogen) atoms. The van der Waals surface area contributed by atoms with E-state index in [4.69, 9.17) is 0 Å². The van der Waals surface area contributed by atoms with E-state index in [0.29, 0.717) is 12.1 Å². The van der Waals surface area contributed by atoms with Crippen LogP contribution in [-0.2, 0) is 0 Å². The number of carbonyl (C=O) groups excluding carboxylic acids is 1. The van der Waals surface area contributed by atoms with Crippen LogP contribution in [0.5, 0.6) is 5.75 Å². The number of nitrogens with zero attached hydrogens (tertiary/aromatic N) is 2. The summed E-state index contributed by atoms with van der Waals surface area (Å²) in [6.07, 6.45) is 0.952. The molecule has 1 rings (SSSR count). The predicted octanol–water partition coefficient (Wildman–Crippen LogP) is 2.89. The number of aryl methyl sites for hydroxylation is 1. The lowest BCUT2D eigenvalue weighted by molar-refractivity contribution is 0.0754. The molecule has 0 fully saturated rings. The van der Waals surface area contributed by atoms with Gasteiger partial charge in [0, 0.05) is 13.1 Å². The van der Waals surface area contributed by atoms with E-state index in [2.05, 4.69) is 18.7 Å². The Morgan fingerprint density at radius 1 is 1.10 bits per heavy atom. The number of phenolic OH excluding ortho intramolecular Hbond substituents is 1. The molecule has 0 unspecified atom stereocenters. The van der Waals surface area contributed by atoms with Gasteiger partial charge in [0.1, 0.15) is 5.75 Å². The molecule has 1 aromatic carbocycles. The molecular weight excluding hydrogens is 264 g/mol. The average Bonchev–Trinajstić information content (AvgIpc) is 2.50. The third-order valence-electron chi connectivity index (χ3n) is 3.93. The molecule has 4 nitrogen and oxygen atoms in total. The van der Waals surface area contributed by atoms with E-state index in [9.17, 15) is 9.90 Å². The first-order valence-electron chi connectivity index (χ1n) is 7.85. The Morgan fingerprint density at radius 2 is 1.76 bits per heavy atom. The van der Waals surface area contributed by atoms with Crippen molar-refractivity contribution in [3.05, 3.63) is 29.3 Å². The number of hydrogen-bond donors (Lipinski definition) is 1. The second kappa shape index (κ2) is 8.67. The van der Waals surface area contributed by atoms with Gasteiger partial charge in [-0.1, -0.05) is 26.0 Å². The van der Waals surface area contributed by atoms with Gasteiger partial charge in [-0.15, -0.1) is 0 Å². The van der Waals surface area contributed by atoms with Gasteiger partial charge in [-0.3, -0.25) is 4.79 Å². The zero-order valence-corrected chi connectivity index (χ0v) is 13.7. The maximum atomic E-state index is 12.5. The van der Waals surface area contributed by atoms with E-state index < -0.39 is 0 Å². The van der Waals surface area contributed by atoms with E-state index in [1.165, 1.54) is 0 Å². The zero-order valence-electron chi connectivity index (χ0n) is 13.7. The monoisotopic (exact) mass is 292 g/mol. The van der Waals surface area contributed by atoms with Crippen LogP contribution in [0.2, 0.25) is 0 Å². The van der Waals surface area contributed by atoms with Crippen molar-refractivity contribution in [2.75, 3.05) is 32.7 Å². The fourth-order valence-electron chi connectivity index (χ4n) is 2.43. The fraction of sp³-hybridized carbons (Fsp3) is 0.588. The second-order valence-electron chi connectivity index (χ2n) is 5.24. The molecule has 0 aliphatic heterocycles. The maximum Gasteiger partial charge on any atom is 0.257 e. The Kier molecular flexibility index (Phi) is 7.23. The molecule has 1 aromatic rings. The smallest absolute Gasteiger partial charge is 0.257 e. The van der Waals surface area contributed by atoms with Crippen LogP contribution in [0, 0.1) is 6.92 Å². The molecule has 118 valence electrons. The van der Waals surface area contributed by atoms with E-state index in [0.717, 1.165) is 38.2 Å². The first kappa shape index (κ1) is 17.5. The van der Waals surface area contributed by atoms with Crippen LogP contribution in [0.15, 0.2) is 18.2 Å². The lowest BCUT2D eigenvalue weighted by atomic mass is 10.1. The number of amides is 1. The number of carbonyl (C=O) groups is 1. The summed E-state index contributed by atoms with van der Waals surface area (Å²) >= 11 is 0. The lowest BCUT2D eigenvalue weighted by Crippen LogP contribution is -2.34.